The van der Waals surface area contributed by atoms with E-state index in [1.54, 1.807) is 13.8 Å². The highest BCUT2D eigenvalue weighted by atomic mass is 16.5. The first-order valence-electron chi connectivity index (χ1n) is 5.29. The van der Waals surface area contributed by atoms with Crippen LogP contribution in [0.2, 0.25) is 0 Å². The average molecular weight is 222 g/mol. The van der Waals surface area contributed by atoms with E-state index in [9.17, 15) is 4.79 Å². The van der Waals surface area contributed by atoms with Crippen LogP contribution in [-0.4, -0.2) is 27.9 Å². The molecule has 1 fully saturated rings. The number of hydrogen-bond donors (Lipinski definition) is 1. The highest BCUT2D eigenvalue weighted by Crippen LogP contribution is 2.30. The van der Waals surface area contributed by atoms with Crippen molar-refractivity contribution in [1.82, 2.24) is 10.2 Å². The Morgan fingerprint density at radius 2 is 2.12 bits per heavy atom. The van der Waals surface area contributed by atoms with Gasteiger partial charge in [-0.1, -0.05) is 0 Å². The number of ether oxygens (including phenoxy) is 1. The smallest absolute Gasteiger partial charge is 0.341 e. The fourth-order valence-electron chi connectivity index (χ4n) is 1.42. The van der Waals surface area contributed by atoms with Crippen LogP contribution in [0.3, 0.4) is 0 Å². The van der Waals surface area contributed by atoms with Crippen molar-refractivity contribution in [3.63, 3.8) is 0 Å². The van der Waals surface area contributed by atoms with E-state index in [1.165, 1.54) is 0 Å². The van der Waals surface area contributed by atoms with Crippen LogP contribution in [0, 0.1) is 19.8 Å². The quantitative estimate of drug-likeness (QED) is 0.837. The third-order valence-electron chi connectivity index (χ3n) is 2.79. The summed E-state index contributed by atoms with van der Waals surface area (Å²) in [4.78, 5) is 11.1. The van der Waals surface area contributed by atoms with Gasteiger partial charge in [0.2, 0.25) is 5.88 Å². The Morgan fingerprint density at radius 1 is 1.44 bits per heavy atom. The van der Waals surface area contributed by atoms with Gasteiger partial charge >= 0.3 is 5.97 Å². The molecular formula is C11H14N2O3. The Morgan fingerprint density at radius 3 is 2.69 bits per heavy atom. The number of nitrogens with zero attached hydrogens (tertiary/aromatic N) is 2. The summed E-state index contributed by atoms with van der Waals surface area (Å²) >= 11 is 0. The molecule has 0 aromatic carbocycles. The Balaban J connectivity index is 2.27. The van der Waals surface area contributed by atoms with Crippen LogP contribution in [0.1, 0.15) is 34.5 Å². The maximum absolute atomic E-state index is 11.1. The van der Waals surface area contributed by atoms with Crippen LogP contribution >= 0.6 is 0 Å². The normalized spacial score (nSPS) is 14.9. The molecule has 1 aliphatic rings. The van der Waals surface area contributed by atoms with Gasteiger partial charge in [0.05, 0.1) is 12.3 Å². The molecule has 1 aromatic rings. The molecule has 1 N–H and O–H groups in total. The first kappa shape index (κ1) is 10.9. The van der Waals surface area contributed by atoms with Gasteiger partial charge in [0, 0.05) is 0 Å². The molecule has 5 heteroatoms. The van der Waals surface area contributed by atoms with Gasteiger partial charge in [-0.05, 0) is 38.2 Å². The van der Waals surface area contributed by atoms with Crippen LogP contribution in [0.5, 0.6) is 5.88 Å². The molecule has 1 aliphatic carbocycles. The number of aromatic nitrogens is 2. The van der Waals surface area contributed by atoms with Gasteiger partial charge in [0.1, 0.15) is 5.56 Å². The number of rotatable bonds is 4. The number of hydrogen-bond acceptors (Lipinski definition) is 4. The molecule has 0 radical (unpaired) electrons. The lowest BCUT2D eigenvalue weighted by Gasteiger charge is -2.09. The minimum atomic E-state index is -1.01. The Hall–Kier alpha value is -1.65. The van der Waals surface area contributed by atoms with Gasteiger partial charge in [-0.25, -0.2) is 4.79 Å². The van der Waals surface area contributed by atoms with Crippen LogP contribution in [0.15, 0.2) is 0 Å². The summed E-state index contributed by atoms with van der Waals surface area (Å²) in [7, 11) is 0. The standard InChI is InChI=1S/C11H14N2O3/c1-6-7(2)12-13-10(9(6)11(14)15)16-5-8-3-4-8/h8H,3-5H2,1-2H3,(H,14,15). The summed E-state index contributed by atoms with van der Waals surface area (Å²) in [5.74, 6) is -0.311. The molecule has 2 rings (SSSR count). The predicted octanol–water partition coefficient (Wildman–Crippen LogP) is 1.58. The molecule has 0 spiro atoms. The third-order valence-corrected chi connectivity index (χ3v) is 2.79. The molecule has 5 nitrogen and oxygen atoms in total. The zero-order chi connectivity index (χ0) is 11.7. The summed E-state index contributed by atoms with van der Waals surface area (Å²) < 4.78 is 5.40. The van der Waals surface area contributed by atoms with Crippen molar-refractivity contribution in [2.75, 3.05) is 6.61 Å². The van der Waals surface area contributed by atoms with Crippen LogP contribution in [-0.2, 0) is 0 Å². The molecule has 0 saturated heterocycles. The number of carboxylic acid groups (broad SMARTS) is 1. The number of carbonyl (C=O) groups is 1. The molecule has 1 aromatic heterocycles. The molecule has 86 valence electrons. The van der Waals surface area contributed by atoms with E-state index in [0.29, 0.717) is 23.8 Å². The van der Waals surface area contributed by atoms with E-state index < -0.39 is 5.97 Å². The molecule has 0 atom stereocenters. The van der Waals surface area contributed by atoms with Crippen LogP contribution < -0.4 is 4.74 Å². The first-order chi connectivity index (χ1) is 7.59. The topological polar surface area (TPSA) is 72.3 Å². The van der Waals surface area contributed by atoms with Gasteiger partial charge < -0.3 is 9.84 Å². The number of aryl methyl sites for hydroxylation is 1. The molecule has 16 heavy (non-hydrogen) atoms. The van der Waals surface area contributed by atoms with E-state index in [4.69, 9.17) is 9.84 Å². The van der Waals surface area contributed by atoms with E-state index >= 15 is 0 Å². The van der Waals surface area contributed by atoms with Gasteiger partial charge in [-0.2, -0.15) is 5.10 Å². The van der Waals surface area contributed by atoms with Crippen molar-refractivity contribution in [3.05, 3.63) is 16.8 Å². The first-order valence-corrected chi connectivity index (χ1v) is 5.29. The zero-order valence-corrected chi connectivity index (χ0v) is 9.36. The minimum Gasteiger partial charge on any atom is -0.477 e. The lowest BCUT2D eigenvalue weighted by molar-refractivity contribution is 0.0689. The van der Waals surface area contributed by atoms with E-state index in [0.717, 1.165) is 12.8 Å². The fraction of sp³-hybridized carbons (Fsp3) is 0.545. The molecule has 0 aliphatic heterocycles. The van der Waals surface area contributed by atoms with Gasteiger partial charge in [-0.3, -0.25) is 0 Å². The van der Waals surface area contributed by atoms with Crippen molar-refractivity contribution in [1.29, 1.82) is 0 Å². The van der Waals surface area contributed by atoms with Gasteiger partial charge in [0.15, 0.2) is 0 Å². The number of aromatic carboxylic acids is 1. The molecule has 1 saturated carbocycles. The third kappa shape index (κ3) is 2.13. The second-order valence-electron chi connectivity index (χ2n) is 4.15. The highest BCUT2D eigenvalue weighted by Gasteiger charge is 2.25. The van der Waals surface area contributed by atoms with Crippen molar-refractivity contribution in [3.8, 4) is 5.88 Å². The fourth-order valence-corrected chi connectivity index (χ4v) is 1.42. The molecule has 0 amide bonds. The monoisotopic (exact) mass is 222 g/mol. The second-order valence-corrected chi connectivity index (χ2v) is 4.15. The van der Waals surface area contributed by atoms with Crippen molar-refractivity contribution in [2.45, 2.75) is 26.7 Å². The SMILES string of the molecule is Cc1nnc(OCC2CC2)c(C(=O)O)c1C. The summed E-state index contributed by atoms with van der Waals surface area (Å²) in [6, 6.07) is 0. The lowest BCUT2D eigenvalue weighted by Crippen LogP contribution is -2.11. The molecular weight excluding hydrogens is 208 g/mol. The molecule has 0 unspecified atom stereocenters. The van der Waals surface area contributed by atoms with Gasteiger partial charge in [0.25, 0.3) is 0 Å². The maximum atomic E-state index is 11.1. The Kier molecular flexibility index (Phi) is 2.77. The zero-order valence-electron chi connectivity index (χ0n) is 9.36. The minimum absolute atomic E-state index is 0.133. The molecule has 0 bridgehead atoms. The van der Waals surface area contributed by atoms with Crippen LogP contribution in [0.25, 0.3) is 0 Å². The maximum Gasteiger partial charge on any atom is 0.341 e. The van der Waals surface area contributed by atoms with Crippen molar-refractivity contribution in [2.24, 2.45) is 5.92 Å². The van der Waals surface area contributed by atoms with E-state index in [-0.39, 0.29) is 11.4 Å². The summed E-state index contributed by atoms with van der Waals surface area (Å²) in [6.07, 6.45) is 2.31. The number of carboxylic acids is 1. The highest BCUT2D eigenvalue weighted by molar-refractivity contribution is 5.91. The van der Waals surface area contributed by atoms with Crippen LogP contribution in [0.4, 0.5) is 0 Å². The van der Waals surface area contributed by atoms with Gasteiger partial charge in [-0.15, -0.1) is 5.10 Å². The van der Waals surface area contributed by atoms with E-state index in [1.807, 2.05) is 0 Å². The second kappa shape index (κ2) is 4.08. The van der Waals surface area contributed by atoms with Crippen molar-refractivity contribution < 1.29 is 14.6 Å². The predicted molar refractivity (Wildman–Crippen MR) is 56.7 cm³/mol. The van der Waals surface area contributed by atoms with E-state index in [2.05, 4.69) is 10.2 Å². The summed E-state index contributed by atoms with van der Waals surface area (Å²) in [5.41, 5.74) is 1.37. The summed E-state index contributed by atoms with van der Waals surface area (Å²) in [6.45, 7) is 3.99. The summed E-state index contributed by atoms with van der Waals surface area (Å²) in [5, 5.41) is 16.8. The van der Waals surface area contributed by atoms with Crippen molar-refractivity contribution >= 4 is 5.97 Å². The largest absolute Gasteiger partial charge is 0.477 e. The Labute approximate surface area is 93.5 Å². The Bertz CT molecular complexity index is 427. The average Bonchev–Trinajstić information content (AvgIpc) is 3.03. The lowest BCUT2D eigenvalue weighted by atomic mass is 10.1. The molecule has 1 heterocycles.